The van der Waals surface area contributed by atoms with Gasteiger partial charge in [-0.25, -0.2) is 0 Å². The Morgan fingerprint density at radius 3 is 2.69 bits per heavy atom. The van der Waals surface area contributed by atoms with Crippen molar-refractivity contribution in [2.75, 3.05) is 20.1 Å². The van der Waals surface area contributed by atoms with E-state index in [2.05, 4.69) is 17.1 Å². The van der Waals surface area contributed by atoms with Gasteiger partial charge in [-0.15, -0.1) is 12.4 Å². The van der Waals surface area contributed by atoms with Gasteiger partial charge in [0.15, 0.2) is 0 Å². The first-order chi connectivity index (χ1) is 7.24. The molecule has 16 heavy (non-hydrogen) atoms. The van der Waals surface area contributed by atoms with E-state index in [1.165, 1.54) is 25.7 Å². The molecule has 2 aliphatic rings. The minimum atomic E-state index is 0. The fourth-order valence-electron chi connectivity index (χ4n) is 2.63. The summed E-state index contributed by atoms with van der Waals surface area (Å²) in [5.41, 5.74) is 0. The van der Waals surface area contributed by atoms with E-state index >= 15 is 0 Å². The van der Waals surface area contributed by atoms with Crippen LogP contribution in [-0.2, 0) is 4.79 Å². The van der Waals surface area contributed by atoms with E-state index in [-0.39, 0.29) is 18.3 Å². The summed E-state index contributed by atoms with van der Waals surface area (Å²) >= 11 is 0. The molecule has 0 bridgehead atoms. The highest BCUT2D eigenvalue weighted by Crippen LogP contribution is 2.38. The lowest BCUT2D eigenvalue weighted by Crippen LogP contribution is -2.43. The Morgan fingerprint density at radius 1 is 1.44 bits per heavy atom. The Kier molecular flexibility index (Phi) is 5.06. The van der Waals surface area contributed by atoms with E-state index in [0.717, 1.165) is 13.1 Å². The topological polar surface area (TPSA) is 32.3 Å². The molecular formula is C12H23ClN2O. The molecule has 2 rings (SSSR count). The Labute approximate surface area is 104 Å². The van der Waals surface area contributed by atoms with Crippen molar-refractivity contribution in [3.05, 3.63) is 0 Å². The quantitative estimate of drug-likeness (QED) is 0.819. The van der Waals surface area contributed by atoms with Crippen molar-refractivity contribution in [2.45, 2.75) is 38.6 Å². The average Bonchev–Trinajstić information content (AvgIpc) is 2.98. The van der Waals surface area contributed by atoms with Crippen LogP contribution in [-0.4, -0.2) is 37.0 Å². The molecule has 4 heteroatoms. The van der Waals surface area contributed by atoms with Gasteiger partial charge in [-0.05, 0) is 38.6 Å². The molecule has 0 aromatic heterocycles. The summed E-state index contributed by atoms with van der Waals surface area (Å²) in [6.07, 6.45) is 4.87. The van der Waals surface area contributed by atoms with Crippen molar-refractivity contribution in [1.82, 2.24) is 10.2 Å². The molecule has 1 heterocycles. The van der Waals surface area contributed by atoms with Crippen LogP contribution in [0.25, 0.3) is 0 Å². The molecule has 0 radical (unpaired) electrons. The number of carbonyl (C=O) groups excluding carboxylic acids is 1. The number of nitrogens with zero attached hydrogens (tertiary/aromatic N) is 1. The molecule has 1 aliphatic carbocycles. The van der Waals surface area contributed by atoms with Gasteiger partial charge >= 0.3 is 0 Å². The zero-order chi connectivity index (χ0) is 10.8. The number of carbonyl (C=O) groups is 1. The number of rotatable bonds is 4. The van der Waals surface area contributed by atoms with Crippen LogP contribution in [0.2, 0.25) is 0 Å². The first kappa shape index (κ1) is 13.8. The van der Waals surface area contributed by atoms with Crippen LogP contribution in [0.1, 0.15) is 32.6 Å². The second-order valence-corrected chi connectivity index (χ2v) is 5.01. The molecule has 1 aliphatic heterocycles. The monoisotopic (exact) mass is 246 g/mol. The van der Waals surface area contributed by atoms with Crippen LogP contribution >= 0.6 is 12.4 Å². The van der Waals surface area contributed by atoms with Gasteiger partial charge in [0.1, 0.15) is 0 Å². The van der Waals surface area contributed by atoms with Gasteiger partial charge in [-0.2, -0.15) is 0 Å². The third-order valence-corrected chi connectivity index (χ3v) is 3.82. The van der Waals surface area contributed by atoms with Gasteiger partial charge in [0.05, 0.1) is 0 Å². The van der Waals surface area contributed by atoms with Crippen molar-refractivity contribution in [3.8, 4) is 0 Å². The second kappa shape index (κ2) is 5.87. The summed E-state index contributed by atoms with van der Waals surface area (Å²) in [6, 6.07) is 0.448. The van der Waals surface area contributed by atoms with Crippen molar-refractivity contribution in [3.63, 3.8) is 0 Å². The fraction of sp³-hybridized carbons (Fsp3) is 0.917. The molecule has 1 saturated carbocycles. The van der Waals surface area contributed by atoms with E-state index < -0.39 is 0 Å². The van der Waals surface area contributed by atoms with Gasteiger partial charge in [0, 0.05) is 25.0 Å². The molecule has 1 amide bonds. The van der Waals surface area contributed by atoms with E-state index in [1.54, 1.807) is 0 Å². The SMILES string of the molecule is CNCC1CCCN1C(=O)C(C)C1CC1.Cl. The normalized spacial score (nSPS) is 26.4. The zero-order valence-corrected chi connectivity index (χ0v) is 11.1. The third kappa shape index (κ3) is 2.89. The number of likely N-dealkylation sites (tertiary alicyclic amines) is 1. The van der Waals surface area contributed by atoms with Crippen LogP contribution in [0.4, 0.5) is 0 Å². The van der Waals surface area contributed by atoms with Gasteiger partial charge in [-0.3, -0.25) is 4.79 Å². The Bertz CT molecular complexity index is 243. The van der Waals surface area contributed by atoms with Crippen LogP contribution in [0.15, 0.2) is 0 Å². The van der Waals surface area contributed by atoms with E-state index in [4.69, 9.17) is 0 Å². The number of hydrogen-bond donors (Lipinski definition) is 1. The van der Waals surface area contributed by atoms with Crippen molar-refractivity contribution in [1.29, 1.82) is 0 Å². The predicted molar refractivity (Wildman–Crippen MR) is 67.8 cm³/mol. The van der Waals surface area contributed by atoms with E-state index in [9.17, 15) is 4.79 Å². The van der Waals surface area contributed by atoms with Crippen LogP contribution in [0.5, 0.6) is 0 Å². The van der Waals surface area contributed by atoms with E-state index in [1.807, 2.05) is 7.05 Å². The fourth-order valence-corrected chi connectivity index (χ4v) is 2.63. The number of nitrogens with one attached hydrogen (secondary N) is 1. The maximum atomic E-state index is 12.2. The standard InChI is InChI=1S/C12H22N2O.ClH/c1-9(10-5-6-10)12(15)14-7-3-4-11(14)8-13-2;/h9-11,13H,3-8H2,1-2H3;1H. The number of halogens is 1. The maximum Gasteiger partial charge on any atom is 0.225 e. The summed E-state index contributed by atoms with van der Waals surface area (Å²) in [5, 5.41) is 3.18. The van der Waals surface area contributed by atoms with Crippen LogP contribution in [0, 0.1) is 11.8 Å². The Hall–Kier alpha value is -0.280. The molecule has 2 unspecified atom stereocenters. The van der Waals surface area contributed by atoms with Crippen molar-refractivity contribution in [2.24, 2.45) is 11.8 Å². The van der Waals surface area contributed by atoms with Gasteiger partial charge in [0.2, 0.25) is 5.91 Å². The lowest BCUT2D eigenvalue weighted by atomic mass is 10.0. The molecule has 2 atom stereocenters. The van der Waals surface area contributed by atoms with Gasteiger partial charge < -0.3 is 10.2 Å². The van der Waals surface area contributed by atoms with Crippen molar-refractivity contribution < 1.29 is 4.79 Å². The summed E-state index contributed by atoms with van der Waals surface area (Å²) in [5.74, 6) is 1.35. The van der Waals surface area contributed by atoms with Gasteiger partial charge in [0.25, 0.3) is 0 Å². The largest absolute Gasteiger partial charge is 0.338 e. The molecule has 0 aromatic rings. The highest BCUT2D eigenvalue weighted by atomic mass is 35.5. The first-order valence-electron chi connectivity index (χ1n) is 6.19. The molecular weight excluding hydrogens is 224 g/mol. The second-order valence-electron chi connectivity index (χ2n) is 5.01. The van der Waals surface area contributed by atoms with Crippen LogP contribution < -0.4 is 5.32 Å². The lowest BCUT2D eigenvalue weighted by Gasteiger charge is -2.27. The zero-order valence-electron chi connectivity index (χ0n) is 10.2. The minimum absolute atomic E-state index is 0. The molecule has 0 spiro atoms. The minimum Gasteiger partial charge on any atom is -0.338 e. The number of hydrogen-bond acceptors (Lipinski definition) is 2. The first-order valence-corrected chi connectivity index (χ1v) is 6.19. The smallest absolute Gasteiger partial charge is 0.225 e. The molecule has 1 N–H and O–H groups in total. The molecule has 0 aromatic carbocycles. The summed E-state index contributed by atoms with van der Waals surface area (Å²) in [4.78, 5) is 14.3. The average molecular weight is 247 g/mol. The maximum absolute atomic E-state index is 12.2. The summed E-state index contributed by atoms with van der Waals surface area (Å²) in [7, 11) is 1.96. The van der Waals surface area contributed by atoms with E-state index in [0.29, 0.717) is 17.9 Å². The van der Waals surface area contributed by atoms with Crippen LogP contribution in [0.3, 0.4) is 0 Å². The Balaban J connectivity index is 0.00000128. The molecule has 2 fully saturated rings. The summed E-state index contributed by atoms with van der Waals surface area (Å²) < 4.78 is 0. The Morgan fingerprint density at radius 2 is 2.12 bits per heavy atom. The summed E-state index contributed by atoms with van der Waals surface area (Å²) in [6.45, 7) is 4.03. The molecule has 94 valence electrons. The lowest BCUT2D eigenvalue weighted by molar-refractivity contribution is -0.136. The number of amides is 1. The molecule has 3 nitrogen and oxygen atoms in total. The highest BCUT2D eigenvalue weighted by Gasteiger charge is 2.38. The van der Waals surface area contributed by atoms with Crippen molar-refractivity contribution >= 4 is 18.3 Å². The van der Waals surface area contributed by atoms with Gasteiger partial charge in [-0.1, -0.05) is 6.92 Å². The molecule has 1 saturated heterocycles. The predicted octanol–water partition coefficient (Wildman–Crippen LogP) is 1.66. The third-order valence-electron chi connectivity index (χ3n) is 3.82. The highest BCUT2D eigenvalue weighted by molar-refractivity contribution is 5.85. The number of likely N-dealkylation sites (N-methyl/N-ethyl adjacent to an activating group) is 1.